The third-order valence-electron chi connectivity index (χ3n) is 4.00. The minimum Gasteiger partial charge on any atom is -0.457 e. The molecular weight excluding hydrogens is 306 g/mol. The van der Waals surface area contributed by atoms with Crippen LogP contribution in [0, 0.1) is 0 Å². The Morgan fingerprint density at radius 3 is 2.71 bits per heavy atom. The van der Waals surface area contributed by atoms with E-state index >= 15 is 0 Å². The van der Waals surface area contributed by atoms with Gasteiger partial charge in [0.25, 0.3) is 5.91 Å². The summed E-state index contributed by atoms with van der Waals surface area (Å²) in [7, 11) is 1.63. The van der Waals surface area contributed by atoms with Gasteiger partial charge in [-0.1, -0.05) is 24.3 Å². The Morgan fingerprint density at radius 1 is 1.12 bits per heavy atom. The molecule has 2 atom stereocenters. The van der Waals surface area contributed by atoms with Gasteiger partial charge >= 0.3 is 0 Å². The molecule has 0 bridgehead atoms. The summed E-state index contributed by atoms with van der Waals surface area (Å²) in [6, 6.07) is 16.6. The van der Waals surface area contributed by atoms with Crippen LogP contribution in [0.5, 0.6) is 11.5 Å². The van der Waals surface area contributed by atoms with E-state index in [1.54, 1.807) is 19.2 Å². The van der Waals surface area contributed by atoms with Gasteiger partial charge in [0.1, 0.15) is 17.6 Å². The van der Waals surface area contributed by atoms with Crippen LogP contribution in [0.1, 0.15) is 16.8 Å². The molecule has 0 spiro atoms. The summed E-state index contributed by atoms with van der Waals surface area (Å²) in [6.45, 7) is 1.13. The number of hydrogen-bond donors (Lipinski definition) is 1. The lowest BCUT2D eigenvalue weighted by molar-refractivity contribution is -0.0479. The molecule has 2 aromatic rings. The molecule has 5 nitrogen and oxygen atoms in total. The summed E-state index contributed by atoms with van der Waals surface area (Å²) in [6.07, 6.45) is 0.622. The summed E-state index contributed by atoms with van der Waals surface area (Å²) in [4.78, 5) is 12.5. The number of carbonyl (C=O) groups excluding carboxylic acids is 1. The summed E-state index contributed by atoms with van der Waals surface area (Å²) in [5.41, 5.74) is 0.560. The highest BCUT2D eigenvalue weighted by Gasteiger charge is 2.27. The highest BCUT2D eigenvalue weighted by molar-refractivity contribution is 5.94. The number of benzene rings is 2. The molecule has 1 heterocycles. The lowest BCUT2D eigenvalue weighted by Crippen LogP contribution is -2.49. The van der Waals surface area contributed by atoms with Gasteiger partial charge in [0, 0.05) is 19.3 Å². The fourth-order valence-electron chi connectivity index (χ4n) is 2.69. The largest absolute Gasteiger partial charge is 0.457 e. The van der Waals surface area contributed by atoms with E-state index in [2.05, 4.69) is 5.32 Å². The smallest absolute Gasteiger partial charge is 0.251 e. The van der Waals surface area contributed by atoms with Crippen LogP contribution in [0.2, 0.25) is 0 Å². The molecule has 1 fully saturated rings. The van der Waals surface area contributed by atoms with Crippen molar-refractivity contribution in [2.24, 2.45) is 0 Å². The first-order valence-corrected chi connectivity index (χ1v) is 8.00. The zero-order valence-corrected chi connectivity index (χ0v) is 13.6. The molecule has 1 amide bonds. The topological polar surface area (TPSA) is 56.8 Å². The standard InChI is InChI=1S/C19H21NO4/c1-22-18-13-23-11-10-17(18)20-19(21)14-6-5-9-16(12-14)24-15-7-3-2-4-8-15/h2-9,12,17-18H,10-11,13H2,1H3,(H,20,21)/t17-,18-/m1/s1. The van der Waals surface area contributed by atoms with E-state index in [0.29, 0.717) is 24.5 Å². The van der Waals surface area contributed by atoms with Crippen molar-refractivity contribution in [1.29, 1.82) is 0 Å². The number of carbonyl (C=O) groups is 1. The third kappa shape index (κ3) is 4.13. The van der Waals surface area contributed by atoms with Crippen LogP contribution >= 0.6 is 0 Å². The van der Waals surface area contributed by atoms with Crippen molar-refractivity contribution in [2.75, 3.05) is 20.3 Å². The minimum atomic E-state index is -0.137. The van der Waals surface area contributed by atoms with E-state index in [1.165, 1.54) is 0 Å². The lowest BCUT2D eigenvalue weighted by atomic mass is 10.1. The quantitative estimate of drug-likeness (QED) is 0.917. The second-order valence-electron chi connectivity index (χ2n) is 5.66. The molecule has 5 heteroatoms. The van der Waals surface area contributed by atoms with Gasteiger partial charge in [-0.3, -0.25) is 4.79 Å². The van der Waals surface area contributed by atoms with Gasteiger partial charge in [-0.25, -0.2) is 0 Å². The van der Waals surface area contributed by atoms with Gasteiger partial charge in [-0.2, -0.15) is 0 Å². The summed E-state index contributed by atoms with van der Waals surface area (Å²) in [5, 5.41) is 3.03. The molecule has 1 aliphatic rings. The zero-order chi connectivity index (χ0) is 16.8. The van der Waals surface area contributed by atoms with Crippen LogP contribution in [0.4, 0.5) is 0 Å². The first kappa shape index (κ1) is 16.5. The van der Waals surface area contributed by atoms with Gasteiger partial charge in [0.05, 0.1) is 12.6 Å². The van der Waals surface area contributed by atoms with E-state index < -0.39 is 0 Å². The number of hydrogen-bond acceptors (Lipinski definition) is 4. The van der Waals surface area contributed by atoms with Crippen LogP contribution in [-0.2, 0) is 9.47 Å². The summed E-state index contributed by atoms with van der Waals surface area (Å²) in [5.74, 6) is 1.23. The number of rotatable bonds is 5. The maximum atomic E-state index is 12.5. The molecule has 126 valence electrons. The molecule has 1 N–H and O–H groups in total. The Balaban J connectivity index is 1.67. The molecular formula is C19H21NO4. The molecule has 0 saturated carbocycles. The van der Waals surface area contributed by atoms with Gasteiger partial charge in [0.15, 0.2) is 0 Å². The zero-order valence-electron chi connectivity index (χ0n) is 13.6. The number of ether oxygens (including phenoxy) is 3. The van der Waals surface area contributed by atoms with E-state index in [-0.39, 0.29) is 18.1 Å². The van der Waals surface area contributed by atoms with Gasteiger partial charge in [-0.05, 0) is 36.8 Å². The van der Waals surface area contributed by atoms with E-state index in [9.17, 15) is 4.79 Å². The van der Waals surface area contributed by atoms with Crippen LogP contribution in [0.15, 0.2) is 54.6 Å². The summed E-state index contributed by atoms with van der Waals surface area (Å²) < 4.78 is 16.5. The average Bonchev–Trinajstić information content (AvgIpc) is 2.63. The van der Waals surface area contributed by atoms with Gasteiger partial charge < -0.3 is 19.5 Å². The molecule has 1 saturated heterocycles. The maximum Gasteiger partial charge on any atom is 0.251 e. The van der Waals surface area contributed by atoms with Crippen molar-refractivity contribution in [1.82, 2.24) is 5.32 Å². The molecule has 3 rings (SSSR count). The second-order valence-corrected chi connectivity index (χ2v) is 5.66. The van der Waals surface area contributed by atoms with Gasteiger partial charge in [0.2, 0.25) is 0 Å². The SMILES string of the molecule is CO[C@@H]1COCC[C@H]1NC(=O)c1cccc(Oc2ccccc2)c1. The highest BCUT2D eigenvalue weighted by atomic mass is 16.5. The average molecular weight is 327 g/mol. The van der Waals surface area contributed by atoms with Crippen molar-refractivity contribution in [3.8, 4) is 11.5 Å². The Bertz CT molecular complexity index is 674. The first-order valence-electron chi connectivity index (χ1n) is 8.00. The maximum absolute atomic E-state index is 12.5. The molecule has 0 radical (unpaired) electrons. The molecule has 0 unspecified atom stereocenters. The van der Waals surface area contributed by atoms with Crippen LogP contribution in [0.3, 0.4) is 0 Å². The van der Waals surface area contributed by atoms with E-state index in [4.69, 9.17) is 14.2 Å². The Hall–Kier alpha value is -2.37. The normalized spacial score (nSPS) is 20.4. The molecule has 2 aromatic carbocycles. The fourth-order valence-corrected chi connectivity index (χ4v) is 2.69. The second kappa shape index (κ2) is 7.95. The Kier molecular flexibility index (Phi) is 5.46. The highest BCUT2D eigenvalue weighted by Crippen LogP contribution is 2.22. The predicted molar refractivity (Wildman–Crippen MR) is 90.4 cm³/mol. The predicted octanol–water partition coefficient (Wildman–Crippen LogP) is 3.01. The Labute approximate surface area is 141 Å². The van der Waals surface area contributed by atoms with Crippen LogP contribution in [-0.4, -0.2) is 38.4 Å². The van der Waals surface area contributed by atoms with Gasteiger partial charge in [-0.15, -0.1) is 0 Å². The monoisotopic (exact) mass is 327 g/mol. The van der Waals surface area contributed by atoms with Crippen molar-refractivity contribution < 1.29 is 19.0 Å². The van der Waals surface area contributed by atoms with Crippen molar-refractivity contribution in [3.05, 3.63) is 60.2 Å². The number of amides is 1. The van der Waals surface area contributed by atoms with Crippen molar-refractivity contribution in [2.45, 2.75) is 18.6 Å². The van der Waals surface area contributed by atoms with E-state index in [1.807, 2.05) is 42.5 Å². The summed E-state index contributed by atoms with van der Waals surface area (Å²) >= 11 is 0. The van der Waals surface area contributed by atoms with Crippen molar-refractivity contribution in [3.63, 3.8) is 0 Å². The number of methoxy groups -OCH3 is 1. The number of para-hydroxylation sites is 1. The minimum absolute atomic E-state index is 0.0463. The Morgan fingerprint density at radius 2 is 1.92 bits per heavy atom. The van der Waals surface area contributed by atoms with Crippen LogP contribution < -0.4 is 10.1 Å². The first-order chi connectivity index (χ1) is 11.8. The lowest BCUT2D eigenvalue weighted by Gasteiger charge is -2.31. The fraction of sp³-hybridized carbons (Fsp3) is 0.316. The van der Waals surface area contributed by atoms with E-state index in [0.717, 1.165) is 12.2 Å². The molecule has 1 aliphatic heterocycles. The van der Waals surface area contributed by atoms with Crippen LogP contribution in [0.25, 0.3) is 0 Å². The number of nitrogens with one attached hydrogen (secondary N) is 1. The molecule has 24 heavy (non-hydrogen) atoms. The van der Waals surface area contributed by atoms with Crippen molar-refractivity contribution >= 4 is 5.91 Å². The molecule has 0 aromatic heterocycles. The molecule has 0 aliphatic carbocycles. The third-order valence-corrected chi connectivity index (χ3v) is 4.00.